The van der Waals surface area contributed by atoms with E-state index in [-0.39, 0.29) is 28.9 Å². The van der Waals surface area contributed by atoms with E-state index in [4.69, 9.17) is 4.18 Å². The number of aromatic nitrogens is 2. The first-order chi connectivity index (χ1) is 13.4. The van der Waals surface area contributed by atoms with Crippen molar-refractivity contribution in [2.24, 2.45) is 0 Å². The molecule has 0 bridgehead atoms. The Bertz CT molecular complexity index is 1210. The first-order valence-corrected chi connectivity index (χ1v) is 12.6. The van der Waals surface area contributed by atoms with E-state index in [1.165, 1.54) is 17.8 Å². The van der Waals surface area contributed by atoms with Crippen molar-refractivity contribution in [2.75, 3.05) is 11.5 Å². The van der Waals surface area contributed by atoms with Gasteiger partial charge < -0.3 is 4.18 Å². The van der Waals surface area contributed by atoms with Gasteiger partial charge in [-0.05, 0) is 56.4 Å². The molecule has 1 aromatic carbocycles. The molecule has 0 saturated carbocycles. The number of benzene rings is 1. The van der Waals surface area contributed by atoms with E-state index in [0.29, 0.717) is 33.7 Å². The van der Waals surface area contributed by atoms with E-state index in [1.807, 2.05) is 6.92 Å². The van der Waals surface area contributed by atoms with Crippen LogP contribution in [0.25, 0.3) is 0 Å². The summed E-state index contributed by atoms with van der Waals surface area (Å²) in [7, 11) is -7.24. The summed E-state index contributed by atoms with van der Waals surface area (Å²) in [5.41, 5.74) is 2.09. The van der Waals surface area contributed by atoms with Gasteiger partial charge in [-0.2, -0.15) is 13.5 Å². The lowest BCUT2D eigenvalue weighted by atomic mass is 9.89. The van der Waals surface area contributed by atoms with Gasteiger partial charge in [0.1, 0.15) is 5.56 Å². The van der Waals surface area contributed by atoms with Crippen molar-refractivity contribution in [3.05, 3.63) is 40.1 Å². The number of sulfone groups is 1. The molecule has 1 unspecified atom stereocenters. The first-order valence-electron chi connectivity index (χ1n) is 9.33. The van der Waals surface area contributed by atoms with Crippen LogP contribution in [-0.2, 0) is 26.5 Å². The van der Waals surface area contributed by atoms with Crippen molar-refractivity contribution in [1.29, 1.82) is 0 Å². The number of hydrogen-bond acceptors (Lipinski definition) is 7. The van der Waals surface area contributed by atoms with E-state index in [9.17, 15) is 21.6 Å². The molecule has 29 heavy (non-hydrogen) atoms. The minimum Gasteiger partial charge on any atom is -0.361 e. The number of carbonyl (C=O) groups excluding carboxylic acids is 1. The SMILES string of the molecule is CCn1ncc(C(=O)c2cc(C)c3c(c2C)C(C)CS3(=O)=O)c1OS(=O)(=O)CC. The Morgan fingerprint density at radius 2 is 1.93 bits per heavy atom. The maximum Gasteiger partial charge on any atom is 0.310 e. The molecule has 158 valence electrons. The number of rotatable bonds is 6. The quantitative estimate of drug-likeness (QED) is 0.500. The molecule has 0 aliphatic carbocycles. The fourth-order valence-electron chi connectivity index (χ4n) is 3.82. The largest absolute Gasteiger partial charge is 0.361 e. The third-order valence-corrected chi connectivity index (χ3v) is 8.41. The Balaban J connectivity index is 2.18. The molecule has 1 aliphatic rings. The average Bonchev–Trinajstić information content (AvgIpc) is 3.14. The van der Waals surface area contributed by atoms with Gasteiger partial charge in [-0.3, -0.25) is 4.79 Å². The van der Waals surface area contributed by atoms with Gasteiger partial charge in [0.05, 0.1) is 22.6 Å². The second-order valence-corrected chi connectivity index (χ2v) is 11.1. The van der Waals surface area contributed by atoms with Crippen LogP contribution in [0, 0.1) is 13.8 Å². The summed E-state index contributed by atoms with van der Waals surface area (Å²) in [5, 5.41) is 4.07. The molecular weight excluding hydrogens is 416 g/mol. The van der Waals surface area contributed by atoms with E-state index in [0.717, 1.165) is 0 Å². The third-order valence-electron chi connectivity index (χ3n) is 5.18. The maximum atomic E-state index is 13.3. The molecule has 1 aromatic heterocycles. The lowest BCUT2D eigenvalue weighted by Crippen LogP contribution is -2.17. The van der Waals surface area contributed by atoms with Crippen LogP contribution in [0.3, 0.4) is 0 Å². The van der Waals surface area contributed by atoms with Gasteiger partial charge in [0.25, 0.3) is 0 Å². The Morgan fingerprint density at radius 3 is 2.52 bits per heavy atom. The molecule has 1 atom stereocenters. The summed E-state index contributed by atoms with van der Waals surface area (Å²) < 4.78 is 55.4. The van der Waals surface area contributed by atoms with E-state index >= 15 is 0 Å². The lowest BCUT2D eigenvalue weighted by Gasteiger charge is -2.15. The van der Waals surface area contributed by atoms with Crippen molar-refractivity contribution >= 4 is 25.7 Å². The molecule has 0 amide bonds. The summed E-state index contributed by atoms with van der Waals surface area (Å²) in [6, 6.07) is 1.55. The van der Waals surface area contributed by atoms with E-state index in [1.54, 1.807) is 26.8 Å². The van der Waals surface area contributed by atoms with E-state index in [2.05, 4.69) is 5.10 Å². The van der Waals surface area contributed by atoms with Gasteiger partial charge in [-0.25, -0.2) is 13.1 Å². The molecule has 1 aliphatic heterocycles. The average molecular weight is 441 g/mol. The standard InChI is InChI=1S/C19H24N2O6S2/c1-6-21-19(27-29(25,26)7-2)15(9-20-21)17(22)14-8-11(3)18-16(13(14)5)12(4)10-28(18,23)24/h8-9,12H,6-7,10H2,1-5H3. The van der Waals surface area contributed by atoms with Crippen LogP contribution < -0.4 is 4.18 Å². The highest BCUT2D eigenvalue weighted by Gasteiger charge is 2.37. The molecule has 10 heteroatoms. The van der Waals surface area contributed by atoms with Crippen molar-refractivity contribution in [3.63, 3.8) is 0 Å². The number of carbonyl (C=O) groups is 1. The zero-order valence-electron chi connectivity index (χ0n) is 17.0. The zero-order chi connectivity index (χ0) is 21.7. The molecule has 2 heterocycles. The summed E-state index contributed by atoms with van der Waals surface area (Å²) in [4.78, 5) is 13.6. The van der Waals surface area contributed by atoms with Crippen molar-refractivity contribution in [2.45, 2.75) is 52.0 Å². The predicted octanol–water partition coefficient (Wildman–Crippen LogP) is 2.37. The van der Waals surface area contributed by atoms with Crippen molar-refractivity contribution < 1.29 is 25.8 Å². The topological polar surface area (TPSA) is 112 Å². The number of nitrogens with zero attached hydrogens (tertiary/aromatic N) is 2. The van der Waals surface area contributed by atoms with Gasteiger partial charge in [-0.15, -0.1) is 0 Å². The fraction of sp³-hybridized carbons (Fsp3) is 0.474. The van der Waals surface area contributed by atoms with Crippen LogP contribution in [0.4, 0.5) is 0 Å². The van der Waals surface area contributed by atoms with Crippen LogP contribution in [-0.4, -0.2) is 43.9 Å². The number of aryl methyl sites for hydroxylation is 2. The van der Waals surface area contributed by atoms with Crippen LogP contribution in [0.5, 0.6) is 5.88 Å². The smallest absolute Gasteiger partial charge is 0.310 e. The molecule has 8 nitrogen and oxygen atoms in total. The molecule has 0 spiro atoms. The number of fused-ring (bicyclic) bond motifs is 1. The van der Waals surface area contributed by atoms with Crippen LogP contribution in [0.1, 0.15) is 59.3 Å². The third kappa shape index (κ3) is 3.59. The summed E-state index contributed by atoms with van der Waals surface area (Å²) in [6.45, 7) is 8.72. The minimum atomic E-state index is -3.86. The lowest BCUT2D eigenvalue weighted by molar-refractivity contribution is 0.103. The molecule has 0 radical (unpaired) electrons. The highest BCUT2D eigenvalue weighted by molar-refractivity contribution is 7.91. The Kier molecular flexibility index (Phi) is 5.37. The van der Waals surface area contributed by atoms with Crippen molar-refractivity contribution in [1.82, 2.24) is 9.78 Å². The van der Waals surface area contributed by atoms with Crippen LogP contribution >= 0.6 is 0 Å². The normalized spacial score (nSPS) is 17.9. The van der Waals surface area contributed by atoms with Gasteiger partial charge in [0.2, 0.25) is 5.88 Å². The van der Waals surface area contributed by atoms with Crippen LogP contribution in [0.2, 0.25) is 0 Å². The summed E-state index contributed by atoms with van der Waals surface area (Å²) in [6.07, 6.45) is 1.29. The van der Waals surface area contributed by atoms with Crippen molar-refractivity contribution in [3.8, 4) is 5.88 Å². The predicted molar refractivity (Wildman–Crippen MR) is 108 cm³/mol. The van der Waals surface area contributed by atoms with Gasteiger partial charge >= 0.3 is 10.1 Å². The Hall–Kier alpha value is -2.20. The molecule has 0 N–H and O–H groups in total. The highest BCUT2D eigenvalue weighted by atomic mass is 32.2. The highest BCUT2D eigenvalue weighted by Crippen LogP contribution is 2.41. The van der Waals surface area contributed by atoms with Gasteiger partial charge in [0.15, 0.2) is 15.6 Å². The zero-order valence-corrected chi connectivity index (χ0v) is 18.6. The number of ketones is 1. The maximum absolute atomic E-state index is 13.3. The molecule has 0 saturated heterocycles. The minimum absolute atomic E-state index is 0.0124. The first kappa shape index (κ1) is 21.5. The van der Waals surface area contributed by atoms with Crippen LogP contribution in [0.15, 0.2) is 17.2 Å². The van der Waals surface area contributed by atoms with E-state index < -0.39 is 25.7 Å². The van der Waals surface area contributed by atoms with Gasteiger partial charge in [0, 0.05) is 12.1 Å². The Labute approximate surface area is 170 Å². The number of hydrogen-bond donors (Lipinski definition) is 0. The summed E-state index contributed by atoms with van der Waals surface area (Å²) >= 11 is 0. The second kappa shape index (κ2) is 7.24. The molecule has 3 rings (SSSR count). The molecule has 0 fully saturated rings. The van der Waals surface area contributed by atoms with Gasteiger partial charge in [-0.1, -0.05) is 6.92 Å². The monoisotopic (exact) mass is 440 g/mol. The second-order valence-electron chi connectivity index (χ2n) is 7.23. The summed E-state index contributed by atoms with van der Waals surface area (Å²) in [5.74, 6) is -1.04. The Morgan fingerprint density at radius 1 is 1.28 bits per heavy atom. The molecular formula is C19H24N2O6S2. The molecule has 2 aromatic rings. The fourth-order valence-corrected chi connectivity index (χ4v) is 6.59.